The van der Waals surface area contributed by atoms with Crippen LogP contribution in [0, 0.1) is 0 Å². The molecule has 1 amide bonds. The molecule has 2 aromatic carbocycles. The van der Waals surface area contributed by atoms with Crippen LogP contribution in [0.15, 0.2) is 48.5 Å². The van der Waals surface area contributed by atoms with Crippen molar-refractivity contribution in [3.63, 3.8) is 0 Å². The number of aliphatic hydroxyl groups is 1. The van der Waals surface area contributed by atoms with Gasteiger partial charge >= 0.3 is 5.97 Å². The minimum Gasteiger partial charge on any atom is -0.465 e. The van der Waals surface area contributed by atoms with Gasteiger partial charge in [-0.05, 0) is 37.3 Å². The highest BCUT2D eigenvalue weighted by Gasteiger charge is 2.51. The van der Waals surface area contributed by atoms with Crippen LogP contribution in [-0.4, -0.2) is 35.9 Å². The van der Waals surface area contributed by atoms with Gasteiger partial charge in [-0.1, -0.05) is 29.8 Å². The molecular formula is C20H18ClNO5. The molecule has 27 heavy (non-hydrogen) atoms. The normalized spacial score (nSPS) is 18.3. The first-order chi connectivity index (χ1) is 12.9. The Kier molecular flexibility index (Phi) is 5.30. The van der Waals surface area contributed by atoms with Crippen LogP contribution in [-0.2, 0) is 19.9 Å². The largest absolute Gasteiger partial charge is 0.465 e. The Balaban J connectivity index is 1.92. The van der Waals surface area contributed by atoms with E-state index in [2.05, 4.69) is 0 Å². The number of amides is 1. The number of carbonyl (C=O) groups excluding carboxylic acids is 3. The van der Waals surface area contributed by atoms with Gasteiger partial charge in [0.25, 0.3) is 5.91 Å². The lowest BCUT2D eigenvalue weighted by Gasteiger charge is -2.22. The molecule has 1 heterocycles. The molecule has 1 N–H and O–H groups in total. The molecule has 2 aromatic rings. The zero-order valence-electron chi connectivity index (χ0n) is 14.6. The van der Waals surface area contributed by atoms with E-state index in [0.29, 0.717) is 21.8 Å². The molecule has 0 bridgehead atoms. The number of hydrogen-bond acceptors (Lipinski definition) is 5. The number of ketones is 1. The predicted octanol–water partition coefficient (Wildman–Crippen LogP) is 2.71. The van der Waals surface area contributed by atoms with Crippen LogP contribution in [0.3, 0.4) is 0 Å². The molecule has 0 saturated carbocycles. The molecule has 0 spiro atoms. The second kappa shape index (κ2) is 7.50. The van der Waals surface area contributed by atoms with E-state index in [1.54, 1.807) is 43.3 Å². The Morgan fingerprint density at radius 2 is 1.81 bits per heavy atom. The van der Waals surface area contributed by atoms with Crippen LogP contribution in [0.25, 0.3) is 0 Å². The minimum absolute atomic E-state index is 0.182. The van der Waals surface area contributed by atoms with E-state index in [9.17, 15) is 19.5 Å². The number of rotatable bonds is 6. The number of hydrogen-bond donors (Lipinski definition) is 1. The molecule has 0 aromatic heterocycles. The fourth-order valence-corrected chi connectivity index (χ4v) is 3.27. The highest BCUT2D eigenvalue weighted by Crippen LogP contribution is 2.42. The van der Waals surface area contributed by atoms with E-state index in [1.165, 1.54) is 12.1 Å². The summed E-state index contributed by atoms with van der Waals surface area (Å²) in [6, 6.07) is 12.8. The summed E-state index contributed by atoms with van der Waals surface area (Å²) in [7, 11) is 0. The van der Waals surface area contributed by atoms with E-state index in [-0.39, 0.29) is 13.2 Å². The average Bonchev–Trinajstić information content (AvgIpc) is 2.85. The number of halogens is 1. The highest BCUT2D eigenvalue weighted by atomic mass is 35.5. The molecule has 7 heteroatoms. The Morgan fingerprint density at radius 3 is 2.48 bits per heavy atom. The molecular weight excluding hydrogens is 370 g/mol. The summed E-state index contributed by atoms with van der Waals surface area (Å²) in [5.74, 6) is -1.72. The predicted molar refractivity (Wildman–Crippen MR) is 99.7 cm³/mol. The van der Waals surface area contributed by atoms with E-state index in [1.807, 2.05) is 0 Å². The van der Waals surface area contributed by atoms with Crippen molar-refractivity contribution in [2.45, 2.75) is 18.9 Å². The fraction of sp³-hybridized carbons (Fsp3) is 0.250. The van der Waals surface area contributed by atoms with Crippen LogP contribution in [0.4, 0.5) is 5.69 Å². The number of esters is 1. The Morgan fingerprint density at radius 1 is 1.15 bits per heavy atom. The number of Topliss-reactive ketones (excluding diaryl/α,β-unsaturated/α-hetero) is 1. The van der Waals surface area contributed by atoms with E-state index in [0.717, 1.165) is 4.90 Å². The standard InChI is InChI=1S/C20H18ClNO5/c1-2-27-18(24)12-22-16-6-4-3-5-15(16)20(26,19(22)25)11-17(23)13-7-9-14(21)10-8-13/h3-10,26H,2,11-12H2,1H3/t20-/m1/s1. The molecule has 3 rings (SSSR count). The van der Waals surface area contributed by atoms with E-state index >= 15 is 0 Å². The van der Waals surface area contributed by atoms with Crippen molar-refractivity contribution in [2.75, 3.05) is 18.1 Å². The molecule has 0 aliphatic carbocycles. The van der Waals surface area contributed by atoms with Crippen molar-refractivity contribution >= 4 is 34.9 Å². The Bertz CT molecular complexity index is 896. The number of ether oxygens (including phenoxy) is 1. The van der Waals surface area contributed by atoms with Gasteiger partial charge in [0.15, 0.2) is 11.4 Å². The van der Waals surface area contributed by atoms with Gasteiger partial charge in [0.05, 0.1) is 18.7 Å². The van der Waals surface area contributed by atoms with Crippen molar-refractivity contribution in [2.24, 2.45) is 0 Å². The SMILES string of the molecule is CCOC(=O)CN1C(=O)[C@@](O)(CC(=O)c2ccc(Cl)cc2)c2ccccc21. The van der Waals surface area contributed by atoms with Crippen molar-refractivity contribution in [1.82, 2.24) is 0 Å². The highest BCUT2D eigenvalue weighted by molar-refractivity contribution is 6.30. The minimum atomic E-state index is -2.04. The smallest absolute Gasteiger partial charge is 0.326 e. The summed E-state index contributed by atoms with van der Waals surface area (Å²) in [6.45, 7) is 1.52. The van der Waals surface area contributed by atoms with Crippen LogP contribution in [0.2, 0.25) is 5.02 Å². The Hall–Kier alpha value is -2.70. The lowest BCUT2D eigenvalue weighted by Crippen LogP contribution is -2.44. The van der Waals surface area contributed by atoms with Crippen LogP contribution in [0.1, 0.15) is 29.3 Å². The maximum Gasteiger partial charge on any atom is 0.326 e. The van der Waals surface area contributed by atoms with E-state index in [4.69, 9.17) is 16.3 Å². The first-order valence-corrected chi connectivity index (χ1v) is 8.83. The van der Waals surface area contributed by atoms with Gasteiger partial charge in [-0.25, -0.2) is 0 Å². The van der Waals surface area contributed by atoms with Gasteiger partial charge in [0, 0.05) is 16.1 Å². The Labute approximate surface area is 161 Å². The van der Waals surface area contributed by atoms with Crippen LogP contribution < -0.4 is 4.90 Å². The van der Waals surface area contributed by atoms with Gasteiger partial charge in [0.2, 0.25) is 0 Å². The van der Waals surface area contributed by atoms with E-state index < -0.39 is 29.7 Å². The van der Waals surface area contributed by atoms with Gasteiger partial charge in [-0.3, -0.25) is 19.3 Å². The molecule has 0 unspecified atom stereocenters. The summed E-state index contributed by atoms with van der Waals surface area (Å²) < 4.78 is 4.90. The molecule has 6 nitrogen and oxygen atoms in total. The quantitative estimate of drug-likeness (QED) is 0.608. The third-order valence-electron chi connectivity index (χ3n) is 4.41. The average molecular weight is 388 g/mol. The zero-order valence-corrected chi connectivity index (χ0v) is 15.4. The second-order valence-corrected chi connectivity index (χ2v) is 6.62. The monoisotopic (exact) mass is 387 g/mol. The molecule has 0 saturated heterocycles. The number of fused-ring (bicyclic) bond motifs is 1. The first kappa shape index (κ1) is 19.1. The summed E-state index contributed by atoms with van der Waals surface area (Å²) in [6.07, 6.45) is -0.441. The van der Waals surface area contributed by atoms with Gasteiger partial charge in [0.1, 0.15) is 6.54 Å². The number of carbonyl (C=O) groups is 3. The zero-order chi connectivity index (χ0) is 19.6. The number of anilines is 1. The van der Waals surface area contributed by atoms with Crippen molar-refractivity contribution in [3.05, 3.63) is 64.7 Å². The van der Waals surface area contributed by atoms with Crippen molar-refractivity contribution < 1.29 is 24.2 Å². The summed E-state index contributed by atoms with van der Waals surface area (Å²) in [5, 5.41) is 11.6. The molecule has 1 aliphatic rings. The van der Waals surface area contributed by atoms with Crippen LogP contribution >= 0.6 is 11.6 Å². The maximum atomic E-state index is 12.9. The van der Waals surface area contributed by atoms with Crippen molar-refractivity contribution in [3.8, 4) is 0 Å². The molecule has 1 atom stereocenters. The molecule has 1 aliphatic heterocycles. The topological polar surface area (TPSA) is 83.9 Å². The third-order valence-corrected chi connectivity index (χ3v) is 4.67. The summed E-state index contributed by atoms with van der Waals surface area (Å²) in [4.78, 5) is 38.6. The number of para-hydroxylation sites is 1. The summed E-state index contributed by atoms with van der Waals surface area (Å²) >= 11 is 5.83. The number of nitrogens with zero attached hydrogens (tertiary/aromatic N) is 1. The number of benzene rings is 2. The van der Waals surface area contributed by atoms with Crippen LogP contribution in [0.5, 0.6) is 0 Å². The first-order valence-electron chi connectivity index (χ1n) is 8.45. The van der Waals surface area contributed by atoms with Gasteiger partial charge in [-0.2, -0.15) is 0 Å². The maximum absolute atomic E-state index is 12.9. The molecule has 0 radical (unpaired) electrons. The lowest BCUT2D eigenvalue weighted by molar-refractivity contribution is -0.144. The molecule has 140 valence electrons. The lowest BCUT2D eigenvalue weighted by atomic mass is 9.88. The second-order valence-electron chi connectivity index (χ2n) is 6.18. The fourth-order valence-electron chi connectivity index (χ4n) is 3.14. The molecule has 0 fully saturated rings. The van der Waals surface area contributed by atoms with Gasteiger partial charge < -0.3 is 9.84 Å². The third kappa shape index (κ3) is 3.59. The summed E-state index contributed by atoms with van der Waals surface area (Å²) in [5.41, 5.74) is -1.02. The van der Waals surface area contributed by atoms with Gasteiger partial charge in [-0.15, -0.1) is 0 Å². The van der Waals surface area contributed by atoms with Crippen molar-refractivity contribution in [1.29, 1.82) is 0 Å².